The summed E-state index contributed by atoms with van der Waals surface area (Å²) in [6, 6.07) is 6.60. The lowest BCUT2D eigenvalue weighted by Gasteiger charge is -2.10. The SMILES string of the molecule is N[C@@H](CC1CC1)c1ccc(F)cc1. The highest BCUT2D eigenvalue weighted by Gasteiger charge is 2.24. The monoisotopic (exact) mass is 179 g/mol. The van der Waals surface area contributed by atoms with Gasteiger partial charge in [0.05, 0.1) is 0 Å². The van der Waals surface area contributed by atoms with Crippen LogP contribution in [0.3, 0.4) is 0 Å². The molecule has 1 atom stereocenters. The third kappa shape index (κ3) is 2.28. The van der Waals surface area contributed by atoms with Crippen LogP contribution >= 0.6 is 0 Å². The minimum atomic E-state index is -0.192. The van der Waals surface area contributed by atoms with Crippen molar-refractivity contribution in [1.29, 1.82) is 0 Å². The van der Waals surface area contributed by atoms with Crippen LogP contribution < -0.4 is 5.73 Å². The molecule has 0 radical (unpaired) electrons. The molecular weight excluding hydrogens is 165 g/mol. The second kappa shape index (κ2) is 3.46. The maximum absolute atomic E-state index is 12.6. The van der Waals surface area contributed by atoms with E-state index in [9.17, 15) is 4.39 Å². The molecule has 1 saturated carbocycles. The molecule has 1 aliphatic carbocycles. The first kappa shape index (κ1) is 8.70. The second-order valence-corrected chi connectivity index (χ2v) is 3.84. The minimum absolute atomic E-state index is 0.0908. The molecule has 0 aliphatic heterocycles. The third-order valence-corrected chi connectivity index (χ3v) is 2.58. The Kier molecular flexibility index (Phi) is 2.32. The summed E-state index contributed by atoms with van der Waals surface area (Å²) >= 11 is 0. The smallest absolute Gasteiger partial charge is 0.123 e. The Labute approximate surface area is 77.8 Å². The number of nitrogens with two attached hydrogens (primary N) is 1. The summed E-state index contributed by atoms with van der Waals surface area (Å²) in [7, 11) is 0. The molecule has 1 nitrogen and oxygen atoms in total. The Morgan fingerprint density at radius 1 is 1.31 bits per heavy atom. The summed E-state index contributed by atoms with van der Waals surface area (Å²) < 4.78 is 12.6. The van der Waals surface area contributed by atoms with E-state index in [0.29, 0.717) is 0 Å². The Bertz CT molecular complexity index is 277. The van der Waals surface area contributed by atoms with Gasteiger partial charge in [-0.25, -0.2) is 4.39 Å². The van der Waals surface area contributed by atoms with E-state index in [2.05, 4.69) is 0 Å². The zero-order valence-electron chi connectivity index (χ0n) is 7.54. The van der Waals surface area contributed by atoms with Gasteiger partial charge in [-0.3, -0.25) is 0 Å². The van der Waals surface area contributed by atoms with E-state index in [-0.39, 0.29) is 11.9 Å². The molecule has 0 amide bonds. The maximum Gasteiger partial charge on any atom is 0.123 e. The van der Waals surface area contributed by atoms with Crippen molar-refractivity contribution >= 4 is 0 Å². The Morgan fingerprint density at radius 2 is 1.92 bits per heavy atom. The van der Waals surface area contributed by atoms with Crippen LogP contribution in [0.5, 0.6) is 0 Å². The summed E-state index contributed by atoms with van der Waals surface area (Å²) in [5.41, 5.74) is 7.01. The molecule has 0 unspecified atom stereocenters. The predicted octanol–water partition coefficient (Wildman–Crippen LogP) is 2.63. The minimum Gasteiger partial charge on any atom is -0.324 e. The normalized spacial score (nSPS) is 18.6. The molecule has 0 heterocycles. The van der Waals surface area contributed by atoms with E-state index < -0.39 is 0 Å². The molecule has 0 spiro atoms. The molecule has 0 aromatic heterocycles. The van der Waals surface area contributed by atoms with Gasteiger partial charge >= 0.3 is 0 Å². The number of halogens is 1. The molecular formula is C11H14FN. The molecule has 1 aliphatic rings. The van der Waals surface area contributed by atoms with Gasteiger partial charge in [-0.15, -0.1) is 0 Å². The zero-order valence-corrected chi connectivity index (χ0v) is 7.54. The van der Waals surface area contributed by atoms with Crippen LogP contribution in [0.1, 0.15) is 30.9 Å². The highest BCUT2D eigenvalue weighted by molar-refractivity contribution is 5.19. The van der Waals surface area contributed by atoms with Gasteiger partial charge < -0.3 is 5.73 Å². The van der Waals surface area contributed by atoms with Crippen molar-refractivity contribution < 1.29 is 4.39 Å². The highest BCUT2D eigenvalue weighted by Crippen LogP contribution is 2.36. The molecule has 2 rings (SSSR count). The van der Waals surface area contributed by atoms with Gasteiger partial charge in [-0.05, 0) is 30.0 Å². The largest absolute Gasteiger partial charge is 0.324 e. The lowest BCUT2D eigenvalue weighted by molar-refractivity contribution is 0.591. The fourth-order valence-corrected chi connectivity index (χ4v) is 1.56. The molecule has 0 saturated heterocycles. The zero-order chi connectivity index (χ0) is 9.26. The van der Waals surface area contributed by atoms with Crippen molar-refractivity contribution in [2.24, 2.45) is 11.7 Å². The Balaban J connectivity index is 2.01. The standard InChI is InChI=1S/C11H14FN/c12-10-5-3-9(4-6-10)11(13)7-8-1-2-8/h3-6,8,11H,1-2,7,13H2/t11-/m0/s1. The van der Waals surface area contributed by atoms with E-state index in [1.54, 1.807) is 12.1 Å². The van der Waals surface area contributed by atoms with Gasteiger partial charge in [0, 0.05) is 6.04 Å². The first-order valence-corrected chi connectivity index (χ1v) is 4.77. The fourth-order valence-electron chi connectivity index (χ4n) is 1.56. The first-order valence-electron chi connectivity index (χ1n) is 4.77. The molecule has 70 valence electrons. The molecule has 1 fully saturated rings. The van der Waals surface area contributed by atoms with Crippen LogP contribution in [-0.4, -0.2) is 0 Å². The lowest BCUT2D eigenvalue weighted by Crippen LogP contribution is -2.10. The Morgan fingerprint density at radius 3 is 2.46 bits per heavy atom. The lowest BCUT2D eigenvalue weighted by atomic mass is 10.0. The summed E-state index contributed by atoms with van der Waals surface area (Å²) in [5, 5.41) is 0. The molecule has 2 N–H and O–H groups in total. The second-order valence-electron chi connectivity index (χ2n) is 3.84. The van der Waals surface area contributed by atoms with Crippen LogP contribution in [-0.2, 0) is 0 Å². The molecule has 0 bridgehead atoms. The van der Waals surface area contributed by atoms with Crippen LogP contribution in [0.4, 0.5) is 4.39 Å². The van der Waals surface area contributed by atoms with Gasteiger partial charge in [0.2, 0.25) is 0 Å². The van der Waals surface area contributed by atoms with Crippen molar-refractivity contribution in [2.45, 2.75) is 25.3 Å². The Hall–Kier alpha value is -0.890. The van der Waals surface area contributed by atoms with Crippen molar-refractivity contribution in [1.82, 2.24) is 0 Å². The first-order chi connectivity index (χ1) is 6.25. The molecule has 2 heteroatoms. The summed E-state index contributed by atoms with van der Waals surface area (Å²) in [5.74, 6) is 0.627. The van der Waals surface area contributed by atoms with E-state index in [4.69, 9.17) is 5.73 Å². The van der Waals surface area contributed by atoms with Crippen LogP contribution in [0.15, 0.2) is 24.3 Å². The highest BCUT2D eigenvalue weighted by atomic mass is 19.1. The third-order valence-electron chi connectivity index (χ3n) is 2.58. The summed E-state index contributed by atoms with van der Waals surface area (Å²) in [6.45, 7) is 0. The molecule has 1 aromatic carbocycles. The van der Waals surface area contributed by atoms with Gasteiger partial charge in [0.1, 0.15) is 5.82 Å². The van der Waals surface area contributed by atoms with Crippen LogP contribution in [0, 0.1) is 11.7 Å². The quantitative estimate of drug-likeness (QED) is 0.758. The summed E-state index contributed by atoms with van der Waals surface area (Å²) in [6.07, 6.45) is 3.68. The average molecular weight is 179 g/mol. The predicted molar refractivity (Wildman–Crippen MR) is 50.7 cm³/mol. The van der Waals surface area contributed by atoms with E-state index >= 15 is 0 Å². The van der Waals surface area contributed by atoms with E-state index in [1.807, 2.05) is 0 Å². The topological polar surface area (TPSA) is 26.0 Å². The van der Waals surface area contributed by atoms with Crippen molar-refractivity contribution in [3.8, 4) is 0 Å². The van der Waals surface area contributed by atoms with Crippen molar-refractivity contribution in [2.75, 3.05) is 0 Å². The fraction of sp³-hybridized carbons (Fsp3) is 0.455. The van der Waals surface area contributed by atoms with Gasteiger partial charge in [0.15, 0.2) is 0 Å². The number of rotatable bonds is 3. The number of hydrogen-bond donors (Lipinski definition) is 1. The van der Waals surface area contributed by atoms with E-state index in [0.717, 1.165) is 17.9 Å². The maximum atomic E-state index is 12.6. The van der Waals surface area contributed by atoms with Gasteiger partial charge in [-0.1, -0.05) is 25.0 Å². The molecule has 13 heavy (non-hydrogen) atoms. The van der Waals surface area contributed by atoms with Gasteiger partial charge in [-0.2, -0.15) is 0 Å². The van der Waals surface area contributed by atoms with Gasteiger partial charge in [0.25, 0.3) is 0 Å². The molecule has 1 aromatic rings. The van der Waals surface area contributed by atoms with E-state index in [1.165, 1.54) is 25.0 Å². The van der Waals surface area contributed by atoms with Crippen molar-refractivity contribution in [3.63, 3.8) is 0 Å². The van der Waals surface area contributed by atoms with Crippen LogP contribution in [0.2, 0.25) is 0 Å². The van der Waals surface area contributed by atoms with Crippen LogP contribution in [0.25, 0.3) is 0 Å². The summed E-state index contributed by atoms with van der Waals surface area (Å²) in [4.78, 5) is 0. The number of benzene rings is 1. The number of hydrogen-bond acceptors (Lipinski definition) is 1. The average Bonchev–Trinajstić information content (AvgIpc) is 2.89. The van der Waals surface area contributed by atoms with Crippen molar-refractivity contribution in [3.05, 3.63) is 35.6 Å².